The van der Waals surface area contributed by atoms with E-state index in [4.69, 9.17) is 15.6 Å². The average molecular weight is 280 g/mol. The molecule has 0 heterocycles. The molecule has 0 aliphatic heterocycles. The van der Waals surface area contributed by atoms with Crippen molar-refractivity contribution in [2.24, 2.45) is 5.73 Å². The molecule has 19 heavy (non-hydrogen) atoms. The van der Waals surface area contributed by atoms with Gasteiger partial charge in [-0.05, 0) is 23.3 Å². The molecule has 3 N–H and O–H groups in total. The van der Waals surface area contributed by atoms with E-state index in [0.717, 1.165) is 16.9 Å². The van der Waals surface area contributed by atoms with Crippen molar-refractivity contribution in [2.75, 3.05) is 6.61 Å². The predicted octanol–water partition coefficient (Wildman–Crippen LogP) is 2.68. The summed E-state index contributed by atoms with van der Waals surface area (Å²) in [5, 5.41) is 9.02. The Morgan fingerprint density at radius 1 is 1.05 bits per heavy atom. The van der Waals surface area contributed by atoms with Gasteiger partial charge in [-0.15, -0.1) is 12.4 Å². The van der Waals surface area contributed by atoms with Crippen LogP contribution < -0.4 is 10.5 Å². The fourth-order valence-corrected chi connectivity index (χ4v) is 1.68. The van der Waals surface area contributed by atoms with E-state index in [0.29, 0.717) is 6.61 Å². The van der Waals surface area contributed by atoms with Crippen molar-refractivity contribution >= 4 is 12.4 Å². The van der Waals surface area contributed by atoms with E-state index in [1.165, 1.54) is 0 Å². The number of rotatable bonds is 5. The van der Waals surface area contributed by atoms with Crippen LogP contribution in [0.25, 0.3) is 0 Å². The third-order valence-electron chi connectivity index (χ3n) is 2.73. The molecule has 0 radical (unpaired) electrons. The molecule has 0 saturated heterocycles. The standard InChI is InChI=1S/C15H17NO2.ClH/c16-15(10-17)13-7-4-8-14(9-13)18-11-12-5-2-1-3-6-12;/h1-9,15,17H,10-11,16H2;1H/t15-;/m0./s1. The first-order valence-corrected chi connectivity index (χ1v) is 5.92. The maximum absolute atomic E-state index is 9.02. The van der Waals surface area contributed by atoms with Gasteiger partial charge in [0.05, 0.1) is 12.6 Å². The first-order valence-electron chi connectivity index (χ1n) is 5.92. The van der Waals surface area contributed by atoms with E-state index in [1.54, 1.807) is 0 Å². The highest BCUT2D eigenvalue weighted by molar-refractivity contribution is 5.85. The minimum atomic E-state index is -0.356. The Morgan fingerprint density at radius 3 is 2.47 bits per heavy atom. The van der Waals surface area contributed by atoms with Crippen molar-refractivity contribution in [2.45, 2.75) is 12.6 Å². The zero-order valence-electron chi connectivity index (χ0n) is 10.5. The van der Waals surface area contributed by atoms with E-state index in [9.17, 15) is 0 Å². The van der Waals surface area contributed by atoms with Gasteiger partial charge in [0.15, 0.2) is 0 Å². The molecule has 4 heteroatoms. The molecule has 0 aliphatic carbocycles. The van der Waals surface area contributed by atoms with Crippen molar-refractivity contribution in [1.82, 2.24) is 0 Å². The van der Waals surface area contributed by atoms with Crippen molar-refractivity contribution < 1.29 is 9.84 Å². The Bertz CT molecular complexity index is 491. The molecular weight excluding hydrogens is 262 g/mol. The lowest BCUT2D eigenvalue weighted by molar-refractivity contribution is 0.267. The summed E-state index contributed by atoms with van der Waals surface area (Å²) in [6.07, 6.45) is 0. The monoisotopic (exact) mass is 279 g/mol. The summed E-state index contributed by atoms with van der Waals surface area (Å²) in [6, 6.07) is 17.1. The Hall–Kier alpha value is -1.55. The number of halogens is 1. The quantitative estimate of drug-likeness (QED) is 0.885. The maximum atomic E-state index is 9.02. The molecule has 2 aromatic carbocycles. The van der Waals surface area contributed by atoms with Crippen LogP contribution in [0.15, 0.2) is 54.6 Å². The molecule has 1 atom stereocenters. The zero-order valence-corrected chi connectivity index (χ0v) is 11.3. The van der Waals surface area contributed by atoms with Crippen LogP contribution in [0.2, 0.25) is 0 Å². The molecule has 0 fully saturated rings. The van der Waals surface area contributed by atoms with Gasteiger partial charge in [0, 0.05) is 0 Å². The Kier molecular flexibility index (Phi) is 6.36. The highest BCUT2D eigenvalue weighted by Crippen LogP contribution is 2.18. The molecule has 2 rings (SSSR count). The van der Waals surface area contributed by atoms with Gasteiger partial charge < -0.3 is 15.6 Å². The van der Waals surface area contributed by atoms with Gasteiger partial charge in [-0.3, -0.25) is 0 Å². The molecule has 3 nitrogen and oxygen atoms in total. The van der Waals surface area contributed by atoms with Gasteiger partial charge in [0.25, 0.3) is 0 Å². The van der Waals surface area contributed by atoms with Gasteiger partial charge in [0.2, 0.25) is 0 Å². The molecule has 102 valence electrons. The number of aliphatic hydroxyl groups is 1. The lowest BCUT2D eigenvalue weighted by Gasteiger charge is -2.11. The normalized spacial score (nSPS) is 11.5. The van der Waals surface area contributed by atoms with Gasteiger partial charge >= 0.3 is 0 Å². The number of nitrogens with two attached hydrogens (primary N) is 1. The molecule has 0 aliphatic rings. The van der Waals surface area contributed by atoms with Crippen LogP contribution in [0.1, 0.15) is 17.2 Å². The molecule has 0 aromatic heterocycles. The van der Waals surface area contributed by atoms with E-state index in [2.05, 4.69) is 0 Å². The number of benzene rings is 2. The van der Waals surface area contributed by atoms with Gasteiger partial charge in [-0.1, -0.05) is 42.5 Å². The van der Waals surface area contributed by atoms with Crippen molar-refractivity contribution in [3.8, 4) is 5.75 Å². The van der Waals surface area contributed by atoms with Crippen LogP contribution in [0, 0.1) is 0 Å². The molecule has 0 spiro atoms. The van der Waals surface area contributed by atoms with Crippen molar-refractivity contribution in [3.63, 3.8) is 0 Å². The SMILES string of the molecule is Cl.N[C@@H](CO)c1cccc(OCc2ccccc2)c1. The van der Waals surface area contributed by atoms with E-state index < -0.39 is 0 Å². The molecule has 0 bridgehead atoms. The summed E-state index contributed by atoms with van der Waals surface area (Å²) in [6.45, 7) is 0.459. The largest absolute Gasteiger partial charge is 0.489 e. The number of aliphatic hydroxyl groups excluding tert-OH is 1. The number of hydrogen-bond donors (Lipinski definition) is 2. The zero-order chi connectivity index (χ0) is 12.8. The highest BCUT2D eigenvalue weighted by Gasteiger charge is 2.05. The van der Waals surface area contributed by atoms with Crippen LogP contribution in [-0.2, 0) is 6.61 Å². The Balaban J connectivity index is 0.00000180. The molecule has 0 saturated carbocycles. The van der Waals surface area contributed by atoms with E-state index >= 15 is 0 Å². The topological polar surface area (TPSA) is 55.5 Å². The van der Waals surface area contributed by atoms with Crippen molar-refractivity contribution in [1.29, 1.82) is 0 Å². The second-order valence-corrected chi connectivity index (χ2v) is 4.14. The van der Waals surface area contributed by atoms with Gasteiger partial charge in [-0.25, -0.2) is 0 Å². The summed E-state index contributed by atoms with van der Waals surface area (Å²) in [5.41, 5.74) is 7.76. The predicted molar refractivity (Wildman–Crippen MR) is 78.5 cm³/mol. The van der Waals surface area contributed by atoms with Crippen LogP contribution in [0.4, 0.5) is 0 Å². The van der Waals surface area contributed by atoms with Crippen LogP contribution in [0.5, 0.6) is 5.75 Å². The van der Waals surface area contributed by atoms with Crippen LogP contribution >= 0.6 is 12.4 Å². The summed E-state index contributed by atoms with van der Waals surface area (Å²) in [5.74, 6) is 0.764. The first-order chi connectivity index (χ1) is 8.79. The smallest absolute Gasteiger partial charge is 0.120 e. The second kappa shape index (κ2) is 7.79. The van der Waals surface area contributed by atoms with Crippen molar-refractivity contribution in [3.05, 3.63) is 65.7 Å². The Morgan fingerprint density at radius 2 is 1.79 bits per heavy atom. The first kappa shape index (κ1) is 15.5. The molecule has 2 aromatic rings. The summed E-state index contributed by atoms with van der Waals surface area (Å²) in [4.78, 5) is 0. The average Bonchev–Trinajstić information content (AvgIpc) is 2.45. The maximum Gasteiger partial charge on any atom is 0.120 e. The minimum Gasteiger partial charge on any atom is -0.489 e. The summed E-state index contributed by atoms with van der Waals surface area (Å²) >= 11 is 0. The second-order valence-electron chi connectivity index (χ2n) is 4.14. The van der Waals surface area contributed by atoms with E-state index in [-0.39, 0.29) is 25.1 Å². The minimum absolute atomic E-state index is 0. The summed E-state index contributed by atoms with van der Waals surface area (Å²) < 4.78 is 5.69. The lowest BCUT2D eigenvalue weighted by atomic mass is 10.1. The van der Waals surface area contributed by atoms with Crippen LogP contribution in [0.3, 0.4) is 0 Å². The Labute approximate surface area is 119 Å². The van der Waals surface area contributed by atoms with E-state index in [1.807, 2.05) is 54.6 Å². The van der Waals surface area contributed by atoms with Gasteiger partial charge in [0.1, 0.15) is 12.4 Å². The van der Waals surface area contributed by atoms with Crippen LogP contribution in [-0.4, -0.2) is 11.7 Å². The number of ether oxygens (including phenoxy) is 1. The molecule has 0 amide bonds. The fourth-order valence-electron chi connectivity index (χ4n) is 1.68. The third-order valence-corrected chi connectivity index (χ3v) is 2.73. The highest BCUT2D eigenvalue weighted by atomic mass is 35.5. The molecular formula is C15H18ClNO2. The number of hydrogen-bond acceptors (Lipinski definition) is 3. The molecule has 0 unspecified atom stereocenters. The lowest BCUT2D eigenvalue weighted by Crippen LogP contribution is -2.14. The third kappa shape index (κ3) is 4.56. The van der Waals surface area contributed by atoms with Gasteiger partial charge in [-0.2, -0.15) is 0 Å². The fraction of sp³-hybridized carbons (Fsp3) is 0.200. The summed E-state index contributed by atoms with van der Waals surface area (Å²) in [7, 11) is 0.